The smallest absolute Gasteiger partial charge is 0.326 e. The summed E-state index contributed by atoms with van der Waals surface area (Å²) in [7, 11) is 0. The van der Waals surface area contributed by atoms with Gasteiger partial charge in [-0.15, -0.1) is 0 Å². The second-order valence-corrected chi connectivity index (χ2v) is 6.87. The summed E-state index contributed by atoms with van der Waals surface area (Å²) < 4.78 is 5.74. The Morgan fingerprint density at radius 2 is 1.68 bits per heavy atom. The van der Waals surface area contributed by atoms with Crippen LogP contribution in [0.5, 0.6) is 0 Å². The Kier molecular flexibility index (Phi) is 4.88. The van der Waals surface area contributed by atoms with Crippen LogP contribution in [0, 0.1) is 11.8 Å². The highest BCUT2D eigenvalue weighted by Crippen LogP contribution is 2.33. The van der Waals surface area contributed by atoms with Gasteiger partial charge in [0.15, 0.2) is 0 Å². The van der Waals surface area contributed by atoms with Crippen LogP contribution in [0.3, 0.4) is 0 Å². The van der Waals surface area contributed by atoms with Crippen LogP contribution in [0.25, 0.3) is 0 Å². The van der Waals surface area contributed by atoms with Crippen LogP contribution >= 0.6 is 0 Å². The molecule has 0 amide bonds. The van der Waals surface area contributed by atoms with E-state index in [9.17, 15) is 4.79 Å². The fourth-order valence-electron chi connectivity index (χ4n) is 3.44. The molecule has 0 aromatic rings. The summed E-state index contributed by atoms with van der Waals surface area (Å²) in [4.78, 5) is 12.4. The number of rotatable bonds is 2. The summed E-state index contributed by atoms with van der Waals surface area (Å²) >= 11 is 0. The Morgan fingerprint density at radius 3 is 2.26 bits per heavy atom. The van der Waals surface area contributed by atoms with E-state index in [0.717, 1.165) is 50.9 Å². The van der Waals surface area contributed by atoms with Crippen molar-refractivity contribution in [3.63, 3.8) is 0 Å². The Morgan fingerprint density at radius 1 is 1.05 bits per heavy atom. The molecule has 0 aromatic carbocycles. The van der Waals surface area contributed by atoms with Gasteiger partial charge in [0.25, 0.3) is 0 Å². The molecular weight excluding hydrogens is 238 g/mol. The largest absolute Gasteiger partial charge is 0.461 e. The predicted octanol–water partition coefficient (Wildman–Crippen LogP) is 3.41. The first-order chi connectivity index (χ1) is 9.01. The lowest BCUT2D eigenvalue weighted by molar-refractivity contribution is -0.159. The summed E-state index contributed by atoms with van der Waals surface area (Å²) in [5, 5.41) is 0. The summed E-state index contributed by atoms with van der Waals surface area (Å²) in [5.74, 6) is 1.26. The van der Waals surface area contributed by atoms with Crippen molar-refractivity contribution in [2.45, 2.75) is 83.3 Å². The van der Waals surface area contributed by atoms with Crippen LogP contribution in [-0.2, 0) is 9.53 Å². The summed E-state index contributed by atoms with van der Waals surface area (Å²) in [6.07, 6.45) is 9.38. The topological polar surface area (TPSA) is 52.3 Å². The fraction of sp³-hybridized carbons (Fsp3) is 0.938. The number of esters is 1. The first-order valence-corrected chi connectivity index (χ1v) is 8.01. The minimum Gasteiger partial charge on any atom is -0.461 e. The molecule has 3 unspecified atom stereocenters. The molecule has 0 bridgehead atoms. The molecular formula is C16H29NO2. The van der Waals surface area contributed by atoms with Gasteiger partial charge in [0.05, 0.1) is 0 Å². The van der Waals surface area contributed by atoms with Crippen LogP contribution in [0.15, 0.2) is 0 Å². The van der Waals surface area contributed by atoms with Crippen molar-refractivity contribution in [2.75, 3.05) is 0 Å². The average molecular weight is 267 g/mol. The number of hydrogen-bond donors (Lipinski definition) is 1. The quantitative estimate of drug-likeness (QED) is 0.616. The number of carbonyl (C=O) groups is 1. The van der Waals surface area contributed by atoms with Crippen molar-refractivity contribution < 1.29 is 9.53 Å². The summed E-state index contributed by atoms with van der Waals surface area (Å²) in [6.45, 7) is 4.55. The van der Waals surface area contributed by atoms with E-state index < -0.39 is 5.54 Å². The lowest BCUT2D eigenvalue weighted by atomic mass is 9.80. The van der Waals surface area contributed by atoms with Gasteiger partial charge in [0, 0.05) is 0 Å². The van der Waals surface area contributed by atoms with Crippen molar-refractivity contribution in [2.24, 2.45) is 17.6 Å². The molecule has 0 aliphatic heterocycles. The molecule has 0 heterocycles. The van der Waals surface area contributed by atoms with Crippen molar-refractivity contribution in [3.8, 4) is 0 Å². The van der Waals surface area contributed by atoms with Crippen LogP contribution in [0.2, 0.25) is 0 Å². The number of nitrogens with two attached hydrogens (primary N) is 1. The predicted molar refractivity (Wildman–Crippen MR) is 76.7 cm³/mol. The van der Waals surface area contributed by atoms with Gasteiger partial charge >= 0.3 is 5.97 Å². The van der Waals surface area contributed by atoms with E-state index >= 15 is 0 Å². The minimum atomic E-state index is -0.706. The van der Waals surface area contributed by atoms with E-state index in [1.54, 1.807) is 0 Å². The van der Waals surface area contributed by atoms with E-state index in [1.165, 1.54) is 12.8 Å². The van der Waals surface area contributed by atoms with Gasteiger partial charge < -0.3 is 10.5 Å². The summed E-state index contributed by atoms with van der Waals surface area (Å²) in [6, 6.07) is 0. The number of ether oxygens (including phenoxy) is 1. The summed E-state index contributed by atoms with van der Waals surface area (Å²) in [5.41, 5.74) is 5.60. The molecule has 0 spiro atoms. The molecule has 2 N–H and O–H groups in total. The first-order valence-electron chi connectivity index (χ1n) is 8.01. The van der Waals surface area contributed by atoms with Crippen molar-refractivity contribution in [1.82, 2.24) is 0 Å². The lowest BCUT2D eigenvalue weighted by Gasteiger charge is -2.34. The van der Waals surface area contributed by atoms with Gasteiger partial charge in [0.1, 0.15) is 11.6 Å². The second-order valence-electron chi connectivity index (χ2n) is 6.87. The Labute approximate surface area is 117 Å². The van der Waals surface area contributed by atoms with E-state index in [-0.39, 0.29) is 12.1 Å². The molecule has 2 aliphatic carbocycles. The molecule has 2 saturated carbocycles. The molecule has 3 nitrogen and oxygen atoms in total. The second kappa shape index (κ2) is 6.25. The zero-order valence-electron chi connectivity index (χ0n) is 12.5. The minimum absolute atomic E-state index is 0.0994. The standard InChI is InChI=1S/C16H29NO2/c1-12-7-8-14(11-13(12)2)19-15(18)16(17)9-5-3-4-6-10-16/h12-14H,3-11,17H2,1-2H3. The fourth-order valence-corrected chi connectivity index (χ4v) is 3.44. The first kappa shape index (κ1) is 14.8. The normalized spacial score (nSPS) is 35.4. The number of hydrogen-bond acceptors (Lipinski definition) is 3. The van der Waals surface area contributed by atoms with Gasteiger partial charge in [-0.05, 0) is 43.9 Å². The molecule has 0 aromatic heterocycles. The molecule has 110 valence electrons. The zero-order chi connectivity index (χ0) is 13.9. The molecule has 19 heavy (non-hydrogen) atoms. The third-order valence-corrected chi connectivity index (χ3v) is 5.23. The maximum absolute atomic E-state index is 12.4. The van der Waals surface area contributed by atoms with Crippen LogP contribution < -0.4 is 5.73 Å². The van der Waals surface area contributed by atoms with Gasteiger partial charge in [0.2, 0.25) is 0 Å². The third-order valence-electron chi connectivity index (χ3n) is 5.23. The number of carbonyl (C=O) groups excluding carboxylic acids is 1. The Bertz CT molecular complexity index is 308. The maximum atomic E-state index is 12.4. The zero-order valence-corrected chi connectivity index (χ0v) is 12.5. The van der Waals surface area contributed by atoms with Gasteiger partial charge in [-0.1, -0.05) is 39.5 Å². The van der Waals surface area contributed by atoms with Crippen LogP contribution in [0.4, 0.5) is 0 Å². The van der Waals surface area contributed by atoms with Gasteiger partial charge in [-0.3, -0.25) is 4.79 Å². The Hall–Kier alpha value is -0.570. The van der Waals surface area contributed by atoms with Crippen LogP contribution in [-0.4, -0.2) is 17.6 Å². The Balaban J connectivity index is 1.89. The maximum Gasteiger partial charge on any atom is 0.326 e. The molecule has 2 fully saturated rings. The molecule has 2 aliphatic rings. The highest BCUT2D eigenvalue weighted by molar-refractivity contribution is 5.80. The van der Waals surface area contributed by atoms with Crippen molar-refractivity contribution in [1.29, 1.82) is 0 Å². The van der Waals surface area contributed by atoms with Crippen LogP contribution in [0.1, 0.15) is 71.6 Å². The highest BCUT2D eigenvalue weighted by atomic mass is 16.5. The molecule has 2 rings (SSSR count). The third kappa shape index (κ3) is 3.71. The molecule has 0 saturated heterocycles. The van der Waals surface area contributed by atoms with Crippen molar-refractivity contribution in [3.05, 3.63) is 0 Å². The average Bonchev–Trinajstić information content (AvgIpc) is 2.60. The lowest BCUT2D eigenvalue weighted by Crippen LogP contribution is -2.50. The van der Waals surface area contributed by atoms with E-state index in [4.69, 9.17) is 10.5 Å². The molecule has 0 radical (unpaired) electrons. The highest BCUT2D eigenvalue weighted by Gasteiger charge is 2.38. The van der Waals surface area contributed by atoms with Gasteiger partial charge in [-0.2, -0.15) is 0 Å². The van der Waals surface area contributed by atoms with Crippen molar-refractivity contribution >= 4 is 5.97 Å². The molecule has 3 heteroatoms. The van der Waals surface area contributed by atoms with E-state index in [1.807, 2.05) is 0 Å². The van der Waals surface area contributed by atoms with Gasteiger partial charge in [-0.25, -0.2) is 0 Å². The molecule has 3 atom stereocenters. The van der Waals surface area contributed by atoms with E-state index in [2.05, 4.69) is 13.8 Å². The van der Waals surface area contributed by atoms with E-state index in [0.29, 0.717) is 5.92 Å². The monoisotopic (exact) mass is 267 g/mol. The SMILES string of the molecule is CC1CCC(OC(=O)C2(N)CCCCCC2)CC1C.